The minimum absolute atomic E-state index is 0.0970. The lowest BCUT2D eigenvalue weighted by Crippen LogP contribution is -2.54. The van der Waals surface area contributed by atoms with Crippen LogP contribution in [0, 0.1) is 10.8 Å². The van der Waals surface area contributed by atoms with Gasteiger partial charge in [-0.15, -0.1) is 0 Å². The average Bonchev–Trinajstić information content (AvgIpc) is 3.82. The molecule has 2 amide bonds. The molecule has 56 heavy (non-hydrogen) atoms. The molecule has 0 radical (unpaired) electrons. The zero-order valence-electron chi connectivity index (χ0n) is 32.9. The molecule has 1 aromatic carbocycles. The maximum atomic E-state index is 13.7. The number of benzene rings is 1. The van der Waals surface area contributed by atoms with Crippen LogP contribution in [0.4, 0.5) is 17.6 Å². The standard InChI is InChI=1S/C40H50F4N8O4/c1-35(2,3)28(51-33(53)37(7)13-15-39(41,42)21-55-37)31-47-19-26(49-31)23-9-11-24(12-10-23)30-45-17-25(18-46-30)27-20-48-32(50-27)29(36(4,5)6)52-34(54)38(8)14-16-40(43,44)22-56-38/h9-12,17-20,28-29H,13-16,21-22H2,1-8H3,(H,47,49)(H,48,50)(H,51,53)(H,52,54). The van der Waals surface area contributed by atoms with E-state index in [0.717, 1.165) is 11.1 Å². The molecule has 4 aromatic rings. The van der Waals surface area contributed by atoms with Crippen LogP contribution in [0.5, 0.6) is 0 Å². The number of carbonyl (C=O) groups is 2. The second-order valence-corrected chi connectivity index (χ2v) is 17.5. The molecule has 0 spiro atoms. The Balaban J connectivity index is 1.12. The summed E-state index contributed by atoms with van der Waals surface area (Å²) in [4.78, 5) is 51.5. The first-order valence-electron chi connectivity index (χ1n) is 18.7. The number of halogens is 4. The highest BCUT2D eigenvalue weighted by Gasteiger charge is 2.48. The van der Waals surface area contributed by atoms with Crippen molar-refractivity contribution in [3.8, 4) is 33.9 Å². The summed E-state index contributed by atoms with van der Waals surface area (Å²) in [6.45, 7) is 13.2. The molecule has 4 unspecified atom stereocenters. The number of nitrogens with zero attached hydrogens (tertiary/aromatic N) is 4. The molecule has 4 atom stereocenters. The van der Waals surface area contributed by atoms with Crippen molar-refractivity contribution >= 4 is 11.8 Å². The van der Waals surface area contributed by atoms with Crippen LogP contribution in [-0.4, -0.2) is 78.0 Å². The number of ether oxygens (including phenoxy) is 2. The van der Waals surface area contributed by atoms with Gasteiger partial charge in [-0.3, -0.25) is 9.59 Å². The smallest absolute Gasteiger partial charge is 0.271 e. The number of imidazole rings is 2. The van der Waals surface area contributed by atoms with Gasteiger partial charge >= 0.3 is 0 Å². The van der Waals surface area contributed by atoms with Crippen molar-refractivity contribution in [3.05, 3.63) is 60.7 Å². The van der Waals surface area contributed by atoms with E-state index in [1.807, 2.05) is 65.8 Å². The van der Waals surface area contributed by atoms with E-state index in [1.165, 1.54) is 13.8 Å². The maximum absolute atomic E-state index is 13.7. The SMILES string of the molecule is CC1(C(=O)NC(c2ncc(-c3ccc(-c4ncc(-c5cnc(C(NC(=O)C6(C)CCC(F)(F)CO6)C(C)(C)C)[nH]5)cn4)cc3)[nH]2)C(C)(C)C)CCC(F)(F)CO1. The van der Waals surface area contributed by atoms with Gasteiger partial charge in [0.15, 0.2) is 5.82 Å². The van der Waals surface area contributed by atoms with E-state index in [2.05, 4.69) is 40.5 Å². The number of hydrogen-bond donors (Lipinski definition) is 4. The van der Waals surface area contributed by atoms with E-state index in [0.29, 0.717) is 34.4 Å². The normalized spacial score (nSPS) is 23.6. The largest absolute Gasteiger partial charge is 0.359 e. The van der Waals surface area contributed by atoms with Crippen LogP contribution in [0.3, 0.4) is 0 Å². The van der Waals surface area contributed by atoms with Gasteiger partial charge in [-0.2, -0.15) is 0 Å². The van der Waals surface area contributed by atoms with E-state index in [9.17, 15) is 27.2 Å². The molecule has 5 heterocycles. The zero-order valence-corrected chi connectivity index (χ0v) is 32.9. The molecule has 16 heteroatoms. The summed E-state index contributed by atoms with van der Waals surface area (Å²) < 4.78 is 65.6. The number of H-pyrrole nitrogens is 2. The van der Waals surface area contributed by atoms with Gasteiger partial charge in [0.2, 0.25) is 0 Å². The van der Waals surface area contributed by atoms with Gasteiger partial charge in [-0.05, 0) is 43.1 Å². The molecule has 2 saturated heterocycles. The van der Waals surface area contributed by atoms with Gasteiger partial charge in [0, 0.05) is 36.4 Å². The Hall–Kier alpha value is -4.70. The molecule has 0 saturated carbocycles. The van der Waals surface area contributed by atoms with E-state index < -0.39 is 83.8 Å². The summed E-state index contributed by atoms with van der Waals surface area (Å²) in [5, 5.41) is 5.97. The van der Waals surface area contributed by atoms with Gasteiger partial charge < -0.3 is 30.1 Å². The number of rotatable bonds is 9. The Kier molecular flexibility index (Phi) is 10.7. The topological polar surface area (TPSA) is 160 Å². The fourth-order valence-electron chi connectivity index (χ4n) is 6.65. The molecule has 4 N–H and O–H groups in total. The highest BCUT2D eigenvalue weighted by Crippen LogP contribution is 2.39. The lowest BCUT2D eigenvalue weighted by atomic mass is 9.85. The monoisotopic (exact) mass is 782 g/mol. The van der Waals surface area contributed by atoms with Crippen LogP contribution in [0.2, 0.25) is 0 Å². The lowest BCUT2D eigenvalue weighted by Gasteiger charge is -2.38. The first-order chi connectivity index (χ1) is 26.0. The van der Waals surface area contributed by atoms with Crippen molar-refractivity contribution in [3.63, 3.8) is 0 Å². The first-order valence-corrected chi connectivity index (χ1v) is 18.7. The molecule has 2 aliphatic rings. The van der Waals surface area contributed by atoms with Gasteiger partial charge in [0.05, 0.1) is 35.9 Å². The van der Waals surface area contributed by atoms with Crippen LogP contribution >= 0.6 is 0 Å². The predicted octanol–water partition coefficient (Wildman–Crippen LogP) is 7.74. The van der Waals surface area contributed by atoms with Gasteiger partial charge in [-0.25, -0.2) is 37.5 Å². The molecule has 12 nitrogen and oxygen atoms in total. The summed E-state index contributed by atoms with van der Waals surface area (Å²) in [7, 11) is 0. The second-order valence-electron chi connectivity index (χ2n) is 17.5. The van der Waals surface area contributed by atoms with Gasteiger partial charge in [0.25, 0.3) is 23.7 Å². The predicted molar refractivity (Wildman–Crippen MR) is 200 cm³/mol. The number of aromatic amines is 2. The highest BCUT2D eigenvalue weighted by atomic mass is 19.3. The van der Waals surface area contributed by atoms with Crippen LogP contribution in [0.15, 0.2) is 49.1 Å². The lowest BCUT2D eigenvalue weighted by molar-refractivity contribution is -0.190. The van der Waals surface area contributed by atoms with Crippen molar-refractivity contribution in [2.75, 3.05) is 13.2 Å². The summed E-state index contributed by atoms with van der Waals surface area (Å²) in [6, 6.07) is 6.43. The fraction of sp³-hybridized carbons (Fsp3) is 0.550. The number of aromatic nitrogens is 6. The molecular formula is C40H50F4N8O4. The third kappa shape index (κ3) is 8.96. The maximum Gasteiger partial charge on any atom is 0.271 e. The third-order valence-corrected chi connectivity index (χ3v) is 10.5. The van der Waals surface area contributed by atoms with Crippen LogP contribution in [0.1, 0.15) is 105 Å². The summed E-state index contributed by atoms with van der Waals surface area (Å²) in [5.41, 5.74) is -0.0913. The molecule has 2 aliphatic heterocycles. The number of alkyl halides is 4. The molecule has 0 aliphatic carbocycles. The van der Waals surface area contributed by atoms with Crippen LogP contribution < -0.4 is 10.6 Å². The number of carbonyl (C=O) groups excluding carboxylic acids is 2. The van der Waals surface area contributed by atoms with Gasteiger partial charge in [0.1, 0.15) is 36.1 Å². The average molecular weight is 783 g/mol. The Morgan fingerprint density at radius 1 is 0.625 bits per heavy atom. The van der Waals surface area contributed by atoms with E-state index in [4.69, 9.17) is 9.47 Å². The highest BCUT2D eigenvalue weighted by molar-refractivity contribution is 5.86. The molecular weight excluding hydrogens is 732 g/mol. The quantitative estimate of drug-likeness (QED) is 0.126. The summed E-state index contributed by atoms with van der Waals surface area (Å²) >= 11 is 0. The number of amides is 2. The minimum Gasteiger partial charge on any atom is -0.359 e. The minimum atomic E-state index is -2.95. The van der Waals surface area contributed by atoms with Crippen molar-refractivity contribution in [2.24, 2.45) is 10.8 Å². The number of nitrogens with one attached hydrogen (secondary N) is 4. The zero-order chi connectivity index (χ0) is 40.9. The number of hydrogen-bond acceptors (Lipinski definition) is 8. The summed E-state index contributed by atoms with van der Waals surface area (Å²) in [6.07, 6.45) is 5.59. The van der Waals surface area contributed by atoms with Crippen LogP contribution in [-0.2, 0) is 19.1 Å². The first kappa shape index (κ1) is 40.9. The second kappa shape index (κ2) is 14.7. The van der Waals surface area contributed by atoms with E-state index >= 15 is 0 Å². The van der Waals surface area contributed by atoms with Crippen molar-refractivity contribution in [1.82, 2.24) is 40.5 Å². The Labute approximate surface area is 323 Å². The fourth-order valence-corrected chi connectivity index (χ4v) is 6.65. The molecule has 6 rings (SSSR count). The Morgan fingerprint density at radius 3 is 1.39 bits per heavy atom. The van der Waals surface area contributed by atoms with Gasteiger partial charge in [-0.1, -0.05) is 65.8 Å². The van der Waals surface area contributed by atoms with Crippen molar-refractivity contribution in [2.45, 2.75) is 116 Å². The molecule has 3 aromatic heterocycles. The van der Waals surface area contributed by atoms with E-state index in [1.54, 1.807) is 24.8 Å². The van der Waals surface area contributed by atoms with Crippen molar-refractivity contribution < 1.29 is 36.6 Å². The van der Waals surface area contributed by atoms with E-state index in [-0.39, 0.29) is 12.8 Å². The van der Waals surface area contributed by atoms with Crippen molar-refractivity contribution in [1.29, 1.82) is 0 Å². The Morgan fingerprint density at radius 2 is 1.02 bits per heavy atom. The molecule has 302 valence electrons. The van der Waals surface area contributed by atoms with Crippen LogP contribution in [0.25, 0.3) is 33.9 Å². The molecule has 2 fully saturated rings. The summed E-state index contributed by atoms with van der Waals surface area (Å²) in [5.74, 6) is -5.35. The Bertz CT molecular complexity index is 1870. The third-order valence-electron chi connectivity index (χ3n) is 10.5. The molecule has 0 bridgehead atoms.